The smallest absolute Gasteiger partial charge is 0.0613 e. The Labute approximate surface area is 111 Å². The number of rotatable bonds is 1. The first kappa shape index (κ1) is 11.6. The van der Waals surface area contributed by atoms with E-state index in [4.69, 9.17) is 0 Å². The molecule has 0 atom stereocenters. The second-order valence-electron chi connectivity index (χ2n) is 4.27. The maximum Gasteiger partial charge on any atom is 0.297 e. The van der Waals surface area contributed by atoms with Crippen LogP contribution in [0.3, 0.4) is 0 Å². The lowest BCUT2D eigenvalue weighted by molar-refractivity contribution is -0.326. The van der Waals surface area contributed by atoms with Gasteiger partial charge in [0.1, 0.15) is 0 Å². The largest absolute Gasteiger partial charge is 0.297 e. The fraction of sp³-hybridized carbons (Fsp3) is 0.200. The van der Waals surface area contributed by atoms with Crippen LogP contribution in [-0.4, -0.2) is 0 Å². The van der Waals surface area contributed by atoms with Gasteiger partial charge in [0.05, 0.1) is 0 Å². The predicted octanol–water partition coefficient (Wildman–Crippen LogP) is 0.734. The SMILES string of the molecule is Cc1cc(C)c(-c2ccccc2[IH+])c(C)c1. The molecule has 0 nitrogen and oxygen atoms in total. The second kappa shape index (κ2) is 4.58. The molecule has 0 fully saturated rings. The molecule has 0 heterocycles. The van der Waals surface area contributed by atoms with Gasteiger partial charge in [0.2, 0.25) is 0 Å². The molecule has 0 spiro atoms. The molecule has 16 heavy (non-hydrogen) atoms. The van der Waals surface area contributed by atoms with Crippen LogP contribution < -0.4 is 22.6 Å². The Morgan fingerprint density at radius 3 is 2.00 bits per heavy atom. The standard InChI is InChI=1S/C15H16I/c1-10-8-11(2)15(12(3)9-10)13-6-4-5-7-14(13)16/h4-9,16H,1-3H3/q+1. The zero-order chi connectivity index (χ0) is 11.7. The highest BCUT2D eigenvalue weighted by molar-refractivity contribution is 5.70. The normalized spacial score (nSPS) is 10.5. The van der Waals surface area contributed by atoms with Gasteiger partial charge in [0, 0.05) is 5.56 Å². The maximum atomic E-state index is 2.26. The van der Waals surface area contributed by atoms with Crippen molar-refractivity contribution in [1.82, 2.24) is 0 Å². The van der Waals surface area contributed by atoms with Crippen molar-refractivity contribution in [2.24, 2.45) is 0 Å². The van der Waals surface area contributed by atoms with Crippen molar-refractivity contribution in [3.63, 3.8) is 0 Å². The lowest BCUT2D eigenvalue weighted by Gasteiger charge is -2.11. The summed E-state index contributed by atoms with van der Waals surface area (Å²) in [4.78, 5) is 0. The third kappa shape index (κ3) is 2.14. The van der Waals surface area contributed by atoms with Crippen LogP contribution in [0.25, 0.3) is 11.1 Å². The predicted molar refractivity (Wildman–Crippen MR) is 66.2 cm³/mol. The third-order valence-corrected chi connectivity index (χ3v) is 3.85. The van der Waals surface area contributed by atoms with Crippen LogP contribution in [0.1, 0.15) is 16.7 Å². The van der Waals surface area contributed by atoms with Gasteiger partial charge in [-0.3, -0.25) is 0 Å². The Morgan fingerprint density at radius 1 is 0.875 bits per heavy atom. The van der Waals surface area contributed by atoms with E-state index in [1.54, 1.807) is 0 Å². The molecule has 1 heteroatoms. The molecular weight excluding hydrogens is 307 g/mol. The second-order valence-corrected chi connectivity index (χ2v) is 5.53. The van der Waals surface area contributed by atoms with Crippen LogP contribution in [0.4, 0.5) is 0 Å². The molecular formula is C15H16I+. The van der Waals surface area contributed by atoms with Crippen molar-refractivity contribution < 1.29 is 22.6 Å². The highest BCUT2D eigenvalue weighted by Crippen LogP contribution is 2.27. The van der Waals surface area contributed by atoms with E-state index in [0.717, 1.165) is 0 Å². The molecule has 0 N–H and O–H groups in total. The van der Waals surface area contributed by atoms with Crippen molar-refractivity contribution in [3.05, 3.63) is 56.7 Å². The lowest BCUT2D eigenvalue weighted by atomic mass is 9.94. The highest BCUT2D eigenvalue weighted by Gasteiger charge is 2.12. The van der Waals surface area contributed by atoms with Gasteiger partial charge in [0.25, 0.3) is 22.6 Å². The minimum atomic E-state index is 1.34. The zero-order valence-corrected chi connectivity index (χ0v) is 12.2. The van der Waals surface area contributed by atoms with Crippen LogP contribution >= 0.6 is 0 Å². The summed E-state index contributed by atoms with van der Waals surface area (Å²) in [5.74, 6) is 0. The number of hydrogen-bond acceptors (Lipinski definition) is 0. The molecule has 0 amide bonds. The fourth-order valence-corrected chi connectivity index (χ4v) is 2.99. The molecule has 0 aromatic heterocycles. The average molecular weight is 323 g/mol. The number of hydrogen-bond donors (Lipinski definition) is 0. The van der Waals surface area contributed by atoms with Gasteiger partial charge in [0.15, 0.2) is 3.57 Å². The van der Waals surface area contributed by atoms with Gasteiger partial charge >= 0.3 is 0 Å². The lowest BCUT2D eigenvalue weighted by Crippen LogP contribution is -3.34. The quantitative estimate of drug-likeness (QED) is 0.679. The molecule has 0 aliphatic heterocycles. The fourth-order valence-electron chi connectivity index (χ4n) is 2.28. The van der Waals surface area contributed by atoms with E-state index in [1.807, 2.05) is 0 Å². The summed E-state index contributed by atoms with van der Waals surface area (Å²) < 4.78 is 1.35. The molecule has 0 saturated heterocycles. The van der Waals surface area contributed by atoms with Gasteiger partial charge in [-0.25, -0.2) is 0 Å². The summed E-state index contributed by atoms with van der Waals surface area (Å²) in [6, 6.07) is 13.1. The van der Waals surface area contributed by atoms with Crippen molar-refractivity contribution in [3.8, 4) is 11.1 Å². The summed E-state index contributed by atoms with van der Waals surface area (Å²) >= 11 is 2.10. The van der Waals surface area contributed by atoms with E-state index in [-0.39, 0.29) is 0 Å². The maximum absolute atomic E-state index is 2.26. The summed E-state index contributed by atoms with van der Waals surface area (Å²) in [7, 11) is 0. The molecule has 0 aliphatic rings. The Morgan fingerprint density at radius 2 is 1.44 bits per heavy atom. The molecule has 0 aliphatic carbocycles. The molecule has 2 aromatic carbocycles. The minimum Gasteiger partial charge on any atom is -0.0613 e. The first-order valence-electron chi connectivity index (χ1n) is 5.44. The topological polar surface area (TPSA) is 0 Å². The molecule has 2 aromatic rings. The molecule has 0 unspecified atom stereocenters. The van der Waals surface area contributed by atoms with Crippen molar-refractivity contribution in [2.75, 3.05) is 0 Å². The van der Waals surface area contributed by atoms with Crippen LogP contribution in [0, 0.1) is 24.3 Å². The van der Waals surface area contributed by atoms with Gasteiger partial charge < -0.3 is 0 Å². The zero-order valence-electron chi connectivity index (χ0n) is 9.87. The van der Waals surface area contributed by atoms with E-state index in [1.165, 1.54) is 31.4 Å². The Bertz CT molecular complexity index is 504. The summed E-state index contributed by atoms with van der Waals surface area (Å²) in [5, 5.41) is 0. The molecule has 0 bridgehead atoms. The van der Waals surface area contributed by atoms with E-state index in [9.17, 15) is 0 Å². The van der Waals surface area contributed by atoms with E-state index in [2.05, 4.69) is 79.8 Å². The number of halogens is 1. The van der Waals surface area contributed by atoms with Crippen LogP contribution in [0.2, 0.25) is 0 Å². The van der Waals surface area contributed by atoms with E-state index in [0.29, 0.717) is 0 Å². The van der Waals surface area contributed by atoms with E-state index >= 15 is 0 Å². The minimum absolute atomic E-state index is 1.34. The van der Waals surface area contributed by atoms with Gasteiger partial charge in [-0.1, -0.05) is 29.8 Å². The number of aryl methyl sites for hydroxylation is 3. The number of benzene rings is 2. The van der Waals surface area contributed by atoms with Crippen LogP contribution in [0.5, 0.6) is 0 Å². The summed E-state index contributed by atoms with van der Waals surface area (Å²) in [6.07, 6.45) is 0. The van der Waals surface area contributed by atoms with Crippen LogP contribution in [0.15, 0.2) is 36.4 Å². The van der Waals surface area contributed by atoms with Crippen molar-refractivity contribution >= 4 is 0 Å². The first-order valence-corrected chi connectivity index (χ1v) is 6.60. The molecule has 2 rings (SSSR count). The Balaban J connectivity index is 2.70. The first-order chi connectivity index (χ1) is 7.59. The van der Waals surface area contributed by atoms with Gasteiger partial charge in [-0.2, -0.15) is 0 Å². The Kier molecular flexibility index (Phi) is 3.33. The van der Waals surface area contributed by atoms with Crippen LogP contribution in [-0.2, 0) is 0 Å². The third-order valence-electron chi connectivity index (χ3n) is 2.83. The molecule has 0 saturated carbocycles. The van der Waals surface area contributed by atoms with Gasteiger partial charge in [-0.05, 0) is 49.6 Å². The molecule has 0 radical (unpaired) electrons. The summed E-state index contributed by atoms with van der Waals surface area (Å²) in [6.45, 7) is 6.55. The van der Waals surface area contributed by atoms with Crippen molar-refractivity contribution in [2.45, 2.75) is 20.8 Å². The van der Waals surface area contributed by atoms with Gasteiger partial charge in [-0.15, -0.1) is 0 Å². The van der Waals surface area contributed by atoms with E-state index < -0.39 is 0 Å². The average Bonchev–Trinajstić information content (AvgIpc) is 2.19. The summed E-state index contributed by atoms with van der Waals surface area (Å²) in [5.41, 5.74) is 6.84. The Hall–Kier alpha value is -0.830. The monoisotopic (exact) mass is 323 g/mol. The highest BCUT2D eigenvalue weighted by atomic mass is 127. The van der Waals surface area contributed by atoms with Crippen molar-refractivity contribution in [1.29, 1.82) is 0 Å². The molecule has 82 valence electrons.